The molecular formula is C20H28N2O2. The van der Waals surface area contributed by atoms with Crippen LogP contribution in [0.2, 0.25) is 0 Å². The van der Waals surface area contributed by atoms with Crippen LogP contribution in [0.1, 0.15) is 57.4 Å². The SMILES string of the molecule is CC[C@@H](C(=O)N1CCCCCC1)N1C(=O)CCCc2ccccc21. The molecule has 0 bridgehead atoms. The van der Waals surface area contributed by atoms with Crippen molar-refractivity contribution in [3.8, 4) is 0 Å². The maximum atomic E-state index is 13.2. The summed E-state index contributed by atoms with van der Waals surface area (Å²) < 4.78 is 0. The van der Waals surface area contributed by atoms with Crippen molar-refractivity contribution < 1.29 is 9.59 Å². The Labute approximate surface area is 144 Å². The van der Waals surface area contributed by atoms with Crippen LogP contribution in [0.15, 0.2) is 24.3 Å². The number of nitrogens with zero attached hydrogens (tertiary/aromatic N) is 2. The number of likely N-dealkylation sites (tertiary alicyclic amines) is 1. The van der Waals surface area contributed by atoms with Crippen LogP contribution in [-0.4, -0.2) is 35.8 Å². The van der Waals surface area contributed by atoms with Gasteiger partial charge in [0.05, 0.1) is 0 Å². The number of hydrogen-bond donors (Lipinski definition) is 0. The normalized spacial score (nSPS) is 20.1. The summed E-state index contributed by atoms with van der Waals surface area (Å²) in [5.74, 6) is 0.222. The molecule has 1 fully saturated rings. The Hall–Kier alpha value is -1.84. The first-order valence-electron chi connectivity index (χ1n) is 9.41. The molecular weight excluding hydrogens is 300 g/mol. The number of aryl methyl sites for hydroxylation is 1. The topological polar surface area (TPSA) is 40.6 Å². The number of fused-ring (bicyclic) bond motifs is 1. The number of carbonyl (C=O) groups excluding carboxylic acids is 2. The third kappa shape index (κ3) is 3.47. The third-order valence-corrected chi connectivity index (χ3v) is 5.26. The Morgan fingerprint density at radius 2 is 1.75 bits per heavy atom. The smallest absolute Gasteiger partial charge is 0.245 e. The van der Waals surface area contributed by atoms with Gasteiger partial charge < -0.3 is 4.90 Å². The number of rotatable bonds is 3. The van der Waals surface area contributed by atoms with E-state index in [2.05, 4.69) is 6.07 Å². The maximum Gasteiger partial charge on any atom is 0.245 e. The maximum absolute atomic E-state index is 13.2. The zero-order valence-corrected chi connectivity index (χ0v) is 14.7. The summed E-state index contributed by atoms with van der Waals surface area (Å²) in [5, 5.41) is 0. The van der Waals surface area contributed by atoms with Gasteiger partial charge in [-0.3, -0.25) is 14.5 Å². The van der Waals surface area contributed by atoms with Gasteiger partial charge in [0.15, 0.2) is 0 Å². The molecule has 2 heterocycles. The van der Waals surface area contributed by atoms with E-state index in [1.807, 2.05) is 30.0 Å². The molecule has 24 heavy (non-hydrogen) atoms. The van der Waals surface area contributed by atoms with E-state index in [4.69, 9.17) is 0 Å². The van der Waals surface area contributed by atoms with Gasteiger partial charge in [0.1, 0.15) is 6.04 Å². The van der Waals surface area contributed by atoms with Gasteiger partial charge in [-0.1, -0.05) is 38.0 Å². The minimum Gasteiger partial charge on any atom is -0.341 e. The molecule has 0 aliphatic carbocycles. The van der Waals surface area contributed by atoms with Gasteiger partial charge in [0.2, 0.25) is 11.8 Å². The molecule has 0 spiro atoms. The number of anilines is 1. The molecule has 2 amide bonds. The molecule has 4 heteroatoms. The van der Waals surface area contributed by atoms with Crippen molar-refractivity contribution in [1.29, 1.82) is 0 Å². The molecule has 2 aliphatic rings. The highest BCUT2D eigenvalue weighted by Crippen LogP contribution is 2.30. The largest absolute Gasteiger partial charge is 0.341 e. The number of hydrogen-bond acceptors (Lipinski definition) is 2. The van der Waals surface area contributed by atoms with Crippen LogP contribution in [0.4, 0.5) is 5.69 Å². The van der Waals surface area contributed by atoms with E-state index in [0.717, 1.165) is 44.5 Å². The molecule has 1 saturated heterocycles. The van der Waals surface area contributed by atoms with Crippen LogP contribution in [-0.2, 0) is 16.0 Å². The van der Waals surface area contributed by atoms with Gasteiger partial charge in [-0.2, -0.15) is 0 Å². The van der Waals surface area contributed by atoms with Crippen molar-refractivity contribution >= 4 is 17.5 Å². The fourth-order valence-electron chi connectivity index (χ4n) is 3.95. The molecule has 0 unspecified atom stereocenters. The number of para-hydroxylation sites is 1. The first kappa shape index (κ1) is 17.0. The third-order valence-electron chi connectivity index (χ3n) is 5.26. The van der Waals surface area contributed by atoms with Gasteiger partial charge in [-0.25, -0.2) is 0 Å². The molecule has 1 aromatic rings. The van der Waals surface area contributed by atoms with E-state index in [-0.39, 0.29) is 17.9 Å². The summed E-state index contributed by atoms with van der Waals surface area (Å²) in [4.78, 5) is 29.8. The Bertz CT molecular complexity index is 591. The molecule has 1 atom stereocenters. The monoisotopic (exact) mass is 328 g/mol. The molecule has 2 aliphatic heterocycles. The Balaban J connectivity index is 1.90. The predicted octanol–water partition coefficient (Wildman–Crippen LogP) is 3.54. The summed E-state index contributed by atoms with van der Waals surface area (Å²) in [7, 11) is 0. The molecule has 0 radical (unpaired) electrons. The number of benzene rings is 1. The van der Waals surface area contributed by atoms with Crippen LogP contribution < -0.4 is 4.90 Å². The zero-order valence-electron chi connectivity index (χ0n) is 14.7. The standard InChI is InChI=1S/C20H28N2O2/c1-2-17(20(24)21-14-7-3-4-8-15-21)22-18-12-6-5-10-16(18)11-9-13-19(22)23/h5-6,10,12,17H,2-4,7-9,11,13-15H2,1H3/t17-/m0/s1. The molecule has 130 valence electrons. The second-order valence-electron chi connectivity index (χ2n) is 6.91. The minimum absolute atomic E-state index is 0.0926. The lowest BCUT2D eigenvalue weighted by molar-refractivity contribution is -0.134. The summed E-state index contributed by atoms with van der Waals surface area (Å²) in [6.45, 7) is 3.68. The Morgan fingerprint density at radius 1 is 1.04 bits per heavy atom. The van der Waals surface area contributed by atoms with Crippen LogP contribution in [0.25, 0.3) is 0 Å². The molecule has 1 aromatic carbocycles. The summed E-state index contributed by atoms with van der Waals surface area (Å²) in [6, 6.07) is 7.70. The molecule has 3 rings (SSSR count). The lowest BCUT2D eigenvalue weighted by atomic mass is 10.1. The van der Waals surface area contributed by atoms with Crippen molar-refractivity contribution in [3.63, 3.8) is 0 Å². The average molecular weight is 328 g/mol. The number of amides is 2. The fourth-order valence-corrected chi connectivity index (χ4v) is 3.95. The first-order valence-corrected chi connectivity index (χ1v) is 9.41. The van der Waals surface area contributed by atoms with Gasteiger partial charge >= 0.3 is 0 Å². The van der Waals surface area contributed by atoms with Crippen molar-refractivity contribution in [2.45, 2.75) is 64.3 Å². The van der Waals surface area contributed by atoms with Crippen molar-refractivity contribution in [2.75, 3.05) is 18.0 Å². The molecule has 4 nitrogen and oxygen atoms in total. The van der Waals surface area contributed by atoms with E-state index in [1.165, 1.54) is 18.4 Å². The minimum atomic E-state index is -0.366. The average Bonchev–Trinajstić information content (AvgIpc) is 2.96. The quantitative estimate of drug-likeness (QED) is 0.851. The van der Waals surface area contributed by atoms with Gasteiger partial charge in [-0.05, 0) is 43.7 Å². The summed E-state index contributed by atoms with van der Waals surface area (Å²) in [5.41, 5.74) is 2.13. The van der Waals surface area contributed by atoms with E-state index < -0.39 is 0 Å². The van der Waals surface area contributed by atoms with Crippen LogP contribution in [0.3, 0.4) is 0 Å². The first-order chi connectivity index (χ1) is 11.7. The Kier molecular flexibility index (Phi) is 5.54. The highest BCUT2D eigenvalue weighted by molar-refractivity contribution is 6.01. The molecule has 0 aromatic heterocycles. The lowest BCUT2D eigenvalue weighted by Gasteiger charge is -2.34. The molecule has 0 N–H and O–H groups in total. The summed E-state index contributed by atoms with van der Waals surface area (Å²) >= 11 is 0. The Morgan fingerprint density at radius 3 is 2.46 bits per heavy atom. The number of carbonyl (C=O) groups is 2. The lowest BCUT2D eigenvalue weighted by Crippen LogP contribution is -2.51. The van der Waals surface area contributed by atoms with Crippen molar-refractivity contribution in [3.05, 3.63) is 29.8 Å². The highest BCUT2D eigenvalue weighted by Gasteiger charge is 2.34. The van der Waals surface area contributed by atoms with Crippen molar-refractivity contribution in [2.24, 2.45) is 0 Å². The molecule has 0 saturated carbocycles. The van der Waals surface area contributed by atoms with Crippen molar-refractivity contribution in [1.82, 2.24) is 4.90 Å². The van der Waals surface area contributed by atoms with Crippen LogP contribution in [0.5, 0.6) is 0 Å². The zero-order chi connectivity index (χ0) is 16.9. The fraction of sp³-hybridized carbons (Fsp3) is 0.600. The van der Waals surface area contributed by atoms with Crippen LogP contribution in [0, 0.1) is 0 Å². The van der Waals surface area contributed by atoms with Gasteiger partial charge in [0.25, 0.3) is 0 Å². The van der Waals surface area contributed by atoms with E-state index >= 15 is 0 Å². The van der Waals surface area contributed by atoms with E-state index in [9.17, 15) is 9.59 Å². The van der Waals surface area contributed by atoms with Crippen LogP contribution >= 0.6 is 0 Å². The predicted molar refractivity (Wildman–Crippen MR) is 96.0 cm³/mol. The van der Waals surface area contributed by atoms with Gasteiger partial charge in [0, 0.05) is 25.2 Å². The highest BCUT2D eigenvalue weighted by atomic mass is 16.2. The van der Waals surface area contributed by atoms with Gasteiger partial charge in [-0.15, -0.1) is 0 Å². The second kappa shape index (κ2) is 7.82. The summed E-state index contributed by atoms with van der Waals surface area (Å²) in [6.07, 6.45) is 7.51. The van der Waals surface area contributed by atoms with E-state index in [0.29, 0.717) is 12.8 Å². The van der Waals surface area contributed by atoms with E-state index in [1.54, 1.807) is 4.90 Å². The second-order valence-corrected chi connectivity index (χ2v) is 6.91.